The molecule has 78 valence electrons. The maximum Gasteiger partial charge on any atom is 0.323 e. The van der Waals surface area contributed by atoms with Crippen molar-refractivity contribution in [2.24, 2.45) is 5.73 Å². The number of aromatic nitrogens is 2. The summed E-state index contributed by atoms with van der Waals surface area (Å²) in [5.41, 5.74) is 6.18. The van der Waals surface area contributed by atoms with Gasteiger partial charge in [0.25, 0.3) is 0 Å². The zero-order valence-corrected chi connectivity index (χ0v) is 8.57. The average Bonchev–Trinajstić information content (AvgIpc) is 2.68. The Labute approximate surface area is 82.6 Å². The van der Waals surface area contributed by atoms with Crippen molar-refractivity contribution in [3.8, 4) is 0 Å². The molecule has 1 aromatic rings. The van der Waals surface area contributed by atoms with E-state index in [4.69, 9.17) is 5.73 Å². The summed E-state index contributed by atoms with van der Waals surface area (Å²) in [4.78, 5) is 11.3. The monoisotopic (exact) mass is 197 g/mol. The van der Waals surface area contributed by atoms with Gasteiger partial charge in [0.15, 0.2) is 0 Å². The number of methoxy groups -OCH3 is 1. The van der Waals surface area contributed by atoms with Crippen molar-refractivity contribution in [2.75, 3.05) is 7.11 Å². The van der Waals surface area contributed by atoms with Crippen LogP contribution in [0, 0.1) is 0 Å². The number of nitrogens with one attached hydrogen (secondary N) is 1. The van der Waals surface area contributed by atoms with Crippen LogP contribution in [-0.2, 0) is 14.9 Å². The molecule has 1 atom stereocenters. The fraction of sp³-hybridized carbons (Fsp3) is 0.556. The molecule has 0 aliphatic rings. The molecular formula is C9H15N3O2. The van der Waals surface area contributed by atoms with Gasteiger partial charge in [-0.25, -0.2) is 0 Å². The quantitative estimate of drug-likeness (QED) is 0.678. The van der Waals surface area contributed by atoms with Crippen LogP contribution in [0.3, 0.4) is 0 Å². The molecule has 1 unspecified atom stereocenters. The van der Waals surface area contributed by atoms with E-state index < -0.39 is 17.4 Å². The first-order valence-corrected chi connectivity index (χ1v) is 4.33. The van der Waals surface area contributed by atoms with Crippen LogP contribution in [0.15, 0.2) is 12.4 Å². The Morgan fingerprint density at radius 2 is 2.36 bits per heavy atom. The molecule has 5 nitrogen and oxygen atoms in total. The van der Waals surface area contributed by atoms with E-state index in [1.54, 1.807) is 12.4 Å². The molecule has 0 saturated carbocycles. The predicted octanol–water partition coefficient (Wildman–Crippen LogP) is 0.188. The SMILES string of the molecule is COC(=O)C(N)C(C)(C)c1cn[nH]c1. The fourth-order valence-electron chi connectivity index (χ4n) is 1.20. The first kappa shape index (κ1) is 10.7. The van der Waals surface area contributed by atoms with Gasteiger partial charge in [-0.3, -0.25) is 9.89 Å². The van der Waals surface area contributed by atoms with E-state index in [0.717, 1.165) is 5.56 Å². The Hall–Kier alpha value is -1.36. The Morgan fingerprint density at radius 1 is 1.71 bits per heavy atom. The Bertz CT molecular complexity index is 306. The predicted molar refractivity (Wildman–Crippen MR) is 51.6 cm³/mol. The highest BCUT2D eigenvalue weighted by molar-refractivity contribution is 5.77. The van der Waals surface area contributed by atoms with E-state index in [0.29, 0.717) is 0 Å². The largest absolute Gasteiger partial charge is 0.468 e. The van der Waals surface area contributed by atoms with E-state index in [2.05, 4.69) is 14.9 Å². The maximum atomic E-state index is 11.3. The maximum absolute atomic E-state index is 11.3. The first-order valence-electron chi connectivity index (χ1n) is 4.33. The van der Waals surface area contributed by atoms with Crippen LogP contribution in [-0.4, -0.2) is 29.3 Å². The zero-order chi connectivity index (χ0) is 10.8. The molecule has 0 aliphatic heterocycles. The van der Waals surface area contributed by atoms with Gasteiger partial charge >= 0.3 is 5.97 Å². The molecule has 0 fully saturated rings. The fourth-order valence-corrected chi connectivity index (χ4v) is 1.20. The van der Waals surface area contributed by atoms with Crippen LogP contribution < -0.4 is 5.73 Å². The zero-order valence-electron chi connectivity index (χ0n) is 8.57. The molecule has 3 N–H and O–H groups in total. The summed E-state index contributed by atoms with van der Waals surface area (Å²) in [5.74, 6) is -0.420. The Morgan fingerprint density at radius 3 is 2.79 bits per heavy atom. The number of ether oxygens (including phenoxy) is 1. The standard InChI is InChI=1S/C9H15N3O2/c1-9(2,6-4-11-12-5-6)7(10)8(13)14-3/h4-5,7H,10H2,1-3H3,(H,11,12). The van der Waals surface area contributed by atoms with Crippen molar-refractivity contribution in [1.82, 2.24) is 10.2 Å². The average molecular weight is 197 g/mol. The van der Waals surface area contributed by atoms with Crippen LogP contribution in [0.4, 0.5) is 0 Å². The Balaban J connectivity index is 2.90. The number of aromatic amines is 1. The number of carbonyl (C=O) groups is 1. The minimum atomic E-state index is -0.690. The molecule has 5 heteroatoms. The highest BCUT2D eigenvalue weighted by Crippen LogP contribution is 2.25. The lowest BCUT2D eigenvalue weighted by molar-refractivity contribution is -0.143. The number of H-pyrrole nitrogens is 1. The van der Waals surface area contributed by atoms with Crippen molar-refractivity contribution in [3.63, 3.8) is 0 Å². The summed E-state index contributed by atoms with van der Waals surface area (Å²) in [6, 6.07) is -0.690. The molecule has 1 aromatic heterocycles. The van der Waals surface area contributed by atoms with Gasteiger partial charge in [0, 0.05) is 11.6 Å². The summed E-state index contributed by atoms with van der Waals surface area (Å²) in [6.45, 7) is 3.75. The summed E-state index contributed by atoms with van der Waals surface area (Å²) >= 11 is 0. The minimum absolute atomic E-state index is 0.420. The van der Waals surface area contributed by atoms with Gasteiger partial charge in [-0.05, 0) is 5.56 Å². The molecule has 14 heavy (non-hydrogen) atoms. The summed E-state index contributed by atoms with van der Waals surface area (Å²) in [7, 11) is 1.33. The first-order chi connectivity index (χ1) is 6.50. The van der Waals surface area contributed by atoms with Gasteiger partial charge < -0.3 is 10.5 Å². The van der Waals surface area contributed by atoms with E-state index >= 15 is 0 Å². The molecule has 0 aromatic carbocycles. The molecule has 0 bridgehead atoms. The van der Waals surface area contributed by atoms with E-state index in [-0.39, 0.29) is 0 Å². The number of carbonyl (C=O) groups excluding carboxylic acids is 1. The highest BCUT2D eigenvalue weighted by Gasteiger charge is 2.35. The lowest BCUT2D eigenvalue weighted by atomic mass is 9.80. The lowest BCUT2D eigenvalue weighted by Crippen LogP contribution is -2.47. The van der Waals surface area contributed by atoms with E-state index in [1.165, 1.54) is 7.11 Å². The summed E-state index contributed by atoms with van der Waals surface area (Å²) < 4.78 is 4.60. The second-order valence-corrected chi connectivity index (χ2v) is 3.71. The highest BCUT2D eigenvalue weighted by atomic mass is 16.5. The molecule has 0 amide bonds. The smallest absolute Gasteiger partial charge is 0.323 e. The third-order valence-electron chi connectivity index (χ3n) is 2.47. The van der Waals surface area contributed by atoms with Gasteiger partial charge in [0.05, 0.1) is 13.3 Å². The van der Waals surface area contributed by atoms with Gasteiger partial charge in [-0.15, -0.1) is 0 Å². The van der Waals surface area contributed by atoms with Gasteiger partial charge in [0.1, 0.15) is 6.04 Å². The lowest BCUT2D eigenvalue weighted by Gasteiger charge is -2.28. The van der Waals surface area contributed by atoms with Crippen molar-refractivity contribution in [3.05, 3.63) is 18.0 Å². The van der Waals surface area contributed by atoms with E-state index in [1.807, 2.05) is 13.8 Å². The van der Waals surface area contributed by atoms with Crippen molar-refractivity contribution < 1.29 is 9.53 Å². The number of nitrogens with zero attached hydrogens (tertiary/aromatic N) is 1. The number of rotatable bonds is 3. The van der Waals surface area contributed by atoms with Gasteiger partial charge in [-0.2, -0.15) is 5.10 Å². The summed E-state index contributed by atoms with van der Waals surface area (Å²) in [6.07, 6.45) is 3.38. The normalized spacial score (nSPS) is 13.7. The molecule has 1 rings (SSSR count). The second-order valence-electron chi connectivity index (χ2n) is 3.71. The number of hydrogen-bond acceptors (Lipinski definition) is 4. The molecule has 0 aliphatic carbocycles. The van der Waals surface area contributed by atoms with Gasteiger partial charge in [-0.1, -0.05) is 13.8 Å². The van der Waals surface area contributed by atoms with Gasteiger partial charge in [0.2, 0.25) is 0 Å². The molecule has 1 heterocycles. The topological polar surface area (TPSA) is 81.0 Å². The van der Waals surface area contributed by atoms with Crippen LogP contribution in [0.1, 0.15) is 19.4 Å². The molecule has 0 radical (unpaired) electrons. The third-order valence-corrected chi connectivity index (χ3v) is 2.47. The van der Waals surface area contributed by atoms with Crippen molar-refractivity contribution >= 4 is 5.97 Å². The van der Waals surface area contributed by atoms with Crippen molar-refractivity contribution in [1.29, 1.82) is 0 Å². The second kappa shape index (κ2) is 3.79. The van der Waals surface area contributed by atoms with Crippen LogP contribution >= 0.6 is 0 Å². The molecule has 0 saturated heterocycles. The van der Waals surface area contributed by atoms with E-state index in [9.17, 15) is 4.79 Å². The Kier molecular flexibility index (Phi) is 2.90. The number of esters is 1. The number of nitrogens with two attached hydrogens (primary N) is 1. The van der Waals surface area contributed by atoms with Crippen LogP contribution in [0.25, 0.3) is 0 Å². The molecule has 0 spiro atoms. The molecular weight excluding hydrogens is 182 g/mol. The van der Waals surface area contributed by atoms with Crippen molar-refractivity contribution in [2.45, 2.75) is 25.3 Å². The summed E-state index contributed by atoms with van der Waals surface area (Å²) in [5, 5.41) is 6.51. The minimum Gasteiger partial charge on any atom is -0.468 e. The van der Waals surface area contributed by atoms with Crippen LogP contribution in [0.5, 0.6) is 0 Å². The number of hydrogen-bond donors (Lipinski definition) is 2. The third kappa shape index (κ3) is 1.77. The van der Waals surface area contributed by atoms with Crippen LogP contribution in [0.2, 0.25) is 0 Å².